The van der Waals surface area contributed by atoms with E-state index in [0.29, 0.717) is 44.2 Å². The highest BCUT2D eigenvalue weighted by atomic mass is 16.5. The highest BCUT2D eigenvalue weighted by Gasteiger charge is 2.46. The molecular formula is C27H32N2O5. The molecule has 2 aromatic rings. The Balaban J connectivity index is 1.70. The Bertz CT molecular complexity index is 1030. The molecule has 2 fully saturated rings. The molecule has 0 aliphatic carbocycles. The minimum absolute atomic E-state index is 0.115. The van der Waals surface area contributed by atoms with E-state index in [4.69, 9.17) is 9.47 Å². The molecule has 34 heavy (non-hydrogen) atoms. The smallest absolute Gasteiger partial charge is 0.295 e. The zero-order chi connectivity index (χ0) is 23.9. The van der Waals surface area contributed by atoms with Gasteiger partial charge in [0.25, 0.3) is 11.7 Å². The fourth-order valence-corrected chi connectivity index (χ4v) is 4.39. The van der Waals surface area contributed by atoms with Crippen LogP contribution in [0.4, 0.5) is 0 Å². The number of aliphatic hydroxyl groups is 1. The molecule has 2 aliphatic heterocycles. The average molecular weight is 465 g/mol. The molecule has 0 aromatic heterocycles. The second kappa shape index (κ2) is 11.3. The van der Waals surface area contributed by atoms with Crippen LogP contribution in [0.3, 0.4) is 0 Å². The van der Waals surface area contributed by atoms with Crippen LogP contribution in [0.25, 0.3) is 5.76 Å². The van der Waals surface area contributed by atoms with Crippen molar-refractivity contribution in [2.24, 2.45) is 0 Å². The van der Waals surface area contributed by atoms with Gasteiger partial charge in [-0.3, -0.25) is 14.5 Å². The van der Waals surface area contributed by atoms with Crippen LogP contribution in [-0.4, -0.2) is 72.6 Å². The number of likely N-dealkylation sites (tertiary alicyclic amines) is 1. The number of Topliss-reactive ketones (excluding diaryl/α,β-unsaturated/α-hetero) is 1. The summed E-state index contributed by atoms with van der Waals surface area (Å²) in [5.74, 6) is -0.724. The van der Waals surface area contributed by atoms with E-state index in [0.717, 1.165) is 31.5 Å². The Morgan fingerprint density at radius 2 is 1.82 bits per heavy atom. The number of ketones is 1. The molecule has 0 bridgehead atoms. The number of carbonyl (C=O) groups is 2. The van der Waals surface area contributed by atoms with E-state index in [9.17, 15) is 14.7 Å². The lowest BCUT2D eigenvalue weighted by Crippen LogP contribution is -2.42. The number of ether oxygens (including phenoxy) is 2. The van der Waals surface area contributed by atoms with Crippen LogP contribution in [-0.2, 0) is 14.3 Å². The standard InChI is InChI=1S/C27H32N2O5/c1-2-3-16-34-22-11-7-10-21(19-22)24-23(25(30)20-8-5-4-6-9-20)26(31)27(32)29(24)13-12-28-14-17-33-18-15-28/h4-11,19,24,30H,2-3,12-18H2,1H3. The van der Waals surface area contributed by atoms with Crippen LogP contribution in [0, 0.1) is 0 Å². The second-order valence-electron chi connectivity index (χ2n) is 8.59. The second-order valence-corrected chi connectivity index (χ2v) is 8.59. The minimum Gasteiger partial charge on any atom is -0.507 e. The molecule has 2 heterocycles. The largest absolute Gasteiger partial charge is 0.507 e. The van der Waals surface area contributed by atoms with Gasteiger partial charge in [-0.05, 0) is 24.1 Å². The van der Waals surface area contributed by atoms with Crippen molar-refractivity contribution in [2.45, 2.75) is 25.8 Å². The van der Waals surface area contributed by atoms with Crippen molar-refractivity contribution in [2.75, 3.05) is 46.0 Å². The lowest BCUT2D eigenvalue weighted by atomic mass is 9.95. The maximum absolute atomic E-state index is 13.2. The molecule has 2 aliphatic rings. The predicted octanol–water partition coefficient (Wildman–Crippen LogP) is 3.62. The number of unbranched alkanes of at least 4 members (excludes halogenated alkanes) is 1. The lowest BCUT2D eigenvalue weighted by Gasteiger charge is -2.31. The molecule has 1 amide bonds. The maximum atomic E-state index is 13.2. The third kappa shape index (κ3) is 5.32. The Kier molecular flexibility index (Phi) is 7.98. The van der Waals surface area contributed by atoms with Gasteiger partial charge < -0.3 is 19.5 Å². The number of aliphatic hydroxyl groups excluding tert-OH is 1. The molecule has 0 saturated carbocycles. The fraction of sp³-hybridized carbons (Fsp3) is 0.407. The first-order chi connectivity index (χ1) is 16.6. The van der Waals surface area contributed by atoms with Gasteiger partial charge in [0.05, 0.1) is 31.4 Å². The summed E-state index contributed by atoms with van der Waals surface area (Å²) < 4.78 is 11.3. The Morgan fingerprint density at radius 3 is 2.56 bits per heavy atom. The summed E-state index contributed by atoms with van der Waals surface area (Å²) in [4.78, 5) is 30.2. The van der Waals surface area contributed by atoms with Gasteiger partial charge in [0, 0.05) is 31.7 Å². The van der Waals surface area contributed by atoms with Gasteiger partial charge in [-0.15, -0.1) is 0 Å². The molecule has 7 heteroatoms. The number of amides is 1. The number of hydrogen-bond donors (Lipinski definition) is 1. The van der Waals surface area contributed by atoms with Crippen molar-refractivity contribution >= 4 is 17.4 Å². The summed E-state index contributed by atoms with van der Waals surface area (Å²) in [5.41, 5.74) is 1.37. The van der Waals surface area contributed by atoms with Gasteiger partial charge in [0.1, 0.15) is 11.5 Å². The molecule has 1 atom stereocenters. The summed E-state index contributed by atoms with van der Waals surface area (Å²) in [6.45, 7) is 6.61. The van der Waals surface area contributed by atoms with Crippen molar-refractivity contribution < 1.29 is 24.2 Å². The van der Waals surface area contributed by atoms with Crippen molar-refractivity contribution in [3.05, 3.63) is 71.3 Å². The van der Waals surface area contributed by atoms with E-state index in [1.54, 1.807) is 29.2 Å². The summed E-state index contributed by atoms with van der Waals surface area (Å²) in [7, 11) is 0. The normalized spacial score (nSPS) is 20.6. The van der Waals surface area contributed by atoms with E-state index in [-0.39, 0.29) is 11.3 Å². The van der Waals surface area contributed by atoms with Gasteiger partial charge >= 0.3 is 0 Å². The van der Waals surface area contributed by atoms with Crippen LogP contribution < -0.4 is 4.74 Å². The summed E-state index contributed by atoms with van der Waals surface area (Å²) in [6, 6.07) is 15.7. The van der Waals surface area contributed by atoms with Crippen LogP contribution in [0.15, 0.2) is 60.2 Å². The van der Waals surface area contributed by atoms with Crippen molar-refractivity contribution in [1.29, 1.82) is 0 Å². The van der Waals surface area contributed by atoms with E-state index in [1.165, 1.54) is 0 Å². The van der Waals surface area contributed by atoms with Gasteiger partial charge in [-0.25, -0.2) is 0 Å². The fourth-order valence-electron chi connectivity index (χ4n) is 4.39. The van der Waals surface area contributed by atoms with Crippen molar-refractivity contribution in [1.82, 2.24) is 9.80 Å². The first kappa shape index (κ1) is 24.0. The molecular weight excluding hydrogens is 432 g/mol. The SMILES string of the molecule is CCCCOc1cccc(C2C(=C(O)c3ccccc3)C(=O)C(=O)N2CCN2CCOCC2)c1. The van der Waals surface area contributed by atoms with Gasteiger partial charge in [-0.1, -0.05) is 55.8 Å². The predicted molar refractivity (Wildman–Crippen MR) is 130 cm³/mol. The molecule has 7 nitrogen and oxygen atoms in total. The Labute approximate surface area is 200 Å². The van der Waals surface area contributed by atoms with Crippen LogP contribution in [0.2, 0.25) is 0 Å². The number of carbonyl (C=O) groups excluding carboxylic acids is 2. The zero-order valence-corrected chi connectivity index (χ0v) is 19.6. The highest BCUT2D eigenvalue weighted by molar-refractivity contribution is 6.46. The average Bonchev–Trinajstić information content (AvgIpc) is 3.13. The summed E-state index contributed by atoms with van der Waals surface area (Å²) >= 11 is 0. The quantitative estimate of drug-likeness (QED) is 0.264. The van der Waals surface area contributed by atoms with Gasteiger partial charge in [0.15, 0.2) is 0 Å². The highest BCUT2D eigenvalue weighted by Crippen LogP contribution is 2.40. The van der Waals surface area contributed by atoms with E-state index >= 15 is 0 Å². The third-order valence-corrected chi connectivity index (χ3v) is 6.29. The number of morpholine rings is 1. The first-order valence-corrected chi connectivity index (χ1v) is 12.0. The van der Waals surface area contributed by atoms with Gasteiger partial charge in [-0.2, -0.15) is 0 Å². The van der Waals surface area contributed by atoms with Crippen LogP contribution in [0.1, 0.15) is 36.9 Å². The molecule has 1 N–H and O–H groups in total. The number of nitrogens with zero attached hydrogens (tertiary/aromatic N) is 2. The number of hydrogen-bond acceptors (Lipinski definition) is 6. The topological polar surface area (TPSA) is 79.3 Å². The Morgan fingerprint density at radius 1 is 1.06 bits per heavy atom. The summed E-state index contributed by atoms with van der Waals surface area (Å²) in [6.07, 6.45) is 1.97. The van der Waals surface area contributed by atoms with E-state index in [1.807, 2.05) is 30.3 Å². The third-order valence-electron chi connectivity index (χ3n) is 6.29. The maximum Gasteiger partial charge on any atom is 0.295 e. The Hall–Kier alpha value is -3.16. The first-order valence-electron chi connectivity index (χ1n) is 12.0. The summed E-state index contributed by atoms with van der Waals surface area (Å²) in [5, 5.41) is 11.1. The molecule has 0 spiro atoms. The van der Waals surface area contributed by atoms with E-state index in [2.05, 4.69) is 11.8 Å². The minimum atomic E-state index is -0.684. The molecule has 4 rings (SSSR count). The number of rotatable bonds is 9. The molecule has 180 valence electrons. The molecule has 0 radical (unpaired) electrons. The van der Waals surface area contributed by atoms with Crippen molar-refractivity contribution in [3.8, 4) is 5.75 Å². The van der Waals surface area contributed by atoms with Gasteiger partial charge in [0.2, 0.25) is 0 Å². The van der Waals surface area contributed by atoms with Crippen LogP contribution >= 0.6 is 0 Å². The van der Waals surface area contributed by atoms with Crippen molar-refractivity contribution in [3.63, 3.8) is 0 Å². The zero-order valence-electron chi connectivity index (χ0n) is 19.6. The number of benzene rings is 2. The molecule has 2 saturated heterocycles. The van der Waals surface area contributed by atoms with Crippen LogP contribution in [0.5, 0.6) is 5.75 Å². The van der Waals surface area contributed by atoms with E-state index < -0.39 is 17.7 Å². The molecule has 2 aromatic carbocycles. The molecule has 1 unspecified atom stereocenters. The monoisotopic (exact) mass is 464 g/mol. The lowest BCUT2D eigenvalue weighted by molar-refractivity contribution is -0.140.